The van der Waals surface area contributed by atoms with Crippen molar-refractivity contribution in [3.05, 3.63) is 0 Å². The van der Waals surface area contributed by atoms with Crippen LogP contribution in [-0.2, 0) is 19.1 Å². The fraction of sp³-hybridized carbons (Fsp3) is 0.867. The molecule has 0 radical (unpaired) electrons. The van der Waals surface area contributed by atoms with Crippen LogP contribution in [0.4, 0.5) is 0 Å². The number of hydrogen-bond acceptors (Lipinski definition) is 4. The highest BCUT2D eigenvalue weighted by Gasteiger charge is 2.29. The van der Waals surface area contributed by atoms with Gasteiger partial charge < -0.3 is 14.8 Å². The first-order chi connectivity index (χ1) is 9.06. The minimum Gasteiger partial charge on any atom is -0.458 e. The maximum Gasteiger partial charge on any atom is 0.329 e. The molecular formula is C15H29NO4. The SMILES string of the molecule is COCC(C)CC(=O)N[C@@H](C(=O)OC(C)(C)C)C(C)C. The van der Waals surface area contributed by atoms with Crippen molar-refractivity contribution in [2.45, 2.75) is 59.6 Å². The molecule has 2 atom stereocenters. The van der Waals surface area contributed by atoms with Gasteiger partial charge in [0.05, 0.1) is 0 Å². The van der Waals surface area contributed by atoms with Crippen molar-refractivity contribution in [3.63, 3.8) is 0 Å². The highest BCUT2D eigenvalue weighted by atomic mass is 16.6. The average Bonchev–Trinajstić information content (AvgIpc) is 2.22. The largest absolute Gasteiger partial charge is 0.458 e. The van der Waals surface area contributed by atoms with Gasteiger partial charge in [0.1, 0.15) is 11.6 Å². The molecule has 0 spiro atoms. The number of carbonyl (C=O) groups is 2. The van der Waals surface area contributed by atoms with Crippen molar-refractivity contribution >= 4 is 11.9 Å². The van der Waals surface area contributed by atoms with E-state index in [9.17, 15) is 9.59 Å². The predicted octanol–water partition coefficient (Wildman–Crippen LogP) is 2.14. The van der Waals surface area contributed by atoms with Crippen molar-refractivity contribution in [1.82, 2.24) is 5.32 Å². The van der Waals surface area contributed by atoms with E-state index in [-0.39, 0.29) is 23.7 Å². The molecule has 0 fully saturated rings. The van der Waals surface area contributed by atoms with Crippen molar-refractivity contribution in [3.8, 4) is 0 Å². The number of esters is 1. The Morgan fingerprint density at radius 1 is 1.15 bits per heavy atom. The zero-order valence-electron chi connectivity index (χ0n) is 13.8. The van der Waals surface area contributed by atoms with Gasteiger partial charge in [-0.25, -0.2) is 4.79 Å². The molecule has 0 bridgehead atoms. The molecule has 1 unspecified atom stereocenters. The van der Waals surface area contributed by atoms with Crippen LogP contribution in [0.15, 0.2) is 0 Å². The molecule has 0 heterocycles. The van der Waals surface area contributed by atoms with E-state index in [1.54, 1.807) is 7.11 Å². The van der Waals surface area contributed by atoms with Gasteiger partial charge in [-0.3, -0.25) is 4.79 Å². The Morgan fingerprint density at radius 2 is 1.70 bits per heavy atom. The predicted molar refractivity (Wildman–Crippen MR) is 78.3 cm³/mol. The third-order valence-corrected chi connectivity index (χ3v) is 2.63. The number of rotatable bonds is 7. The summed E-state index contributed by atoms with van der Waals surface area (Å²) >= 11 is 0. The number of carbonyl (C=O) groups excluding carboxylic acids is 2. The molecule has 0 rings (SSSR count). The van der Waals surface area contributed by atoms with Gasteiger partial charge in [-0.15, -0.1) is 0 Å². The molecule has 20 heavy (non-hydrogen) atoms. The summed E-state index contributed by atoms with van der Waals surface area (Å²) in [7, 11) is 1.60. The number of ether oxygens (including phenoxy) is 2. The lowest BCUT2D eigenvalue weighted by atomic mass is 10.0. The van der Waals surface area contributed by atoms with E-state index in [0.717, 1.165) is 0 Å². The van der Waals surface area contributed by atoms with Crippen molar-refractivity contribution in [1.29, 1.82) is 0 Å². The monoisotopic (exact) mass is 287 g/mol. The molecule has 0 aromatic heterocycles. The van der Waals surface area contributed by atoms with Gasteiger partial charge in [-0.2, -0.15) is 0 Å². The van der Waals surface area contributed by atoms with E-state index in [1.807, 2.05) is 41.5 Å². The second-order valence-electron chi connectivity index (χ2n) is 6.59. The van der Waals surface area contributed by atoms with Crippen LogP contribution in [0.25, 0.3) is 0 Å². The summed E-state index contributed by atoms with van der Waals surface area (Å²) in [5.74, 6) is -0.447. The Bertz CT molecular complexity index is 320. The quantitative estimate of drug-likeness (QED) is 0.729. The minimum absolute atomic E-state index is 0.0217. The Kier molecular flexibility index (Phi) is 7.79. The minimum atomic E-state index is -0.614. The second-order valence-corrected chi connectivity index (χ2v) is 6.59. The first kappa shape index (κ1) is 18.9. The maximum absolute atomic E-state index is 12.1. The third kappa shape index (κ3) is 8.15. The van der Waals surface area contributed by atoms with E-state index in [4.69, 9.17) is 9.47 Å². The van der Waals surface area contributed by atoms with Crippen molar-refractivity contribution in [2.24, 2.45) is 11.8 Å². The van der Waals surface area contributed by atoms with Gasteiger partial charge in [0.25, 0.3) is 0 Å². The molecule has 0 saturated carbocycles. The molecule has 0 aliphatic carbocycles. The third-order valence-electron chi connectivity index (χ3n) is 2.63. The Labute approximate surface area is 122 Å². The molecule has 0 aromatic carbocycles. The van der Waals surface area contributed by atoms with Crippen LogP contribution in [0.3, 0.4) is 0 Å². The fourth-order valence-electron chi connectivity index (χ4n) is 1.76. The zero-order chi connectivity index (χ0) is 15.9. The van der Waals surface area contributed by atoms with E-state index in [2.05, 4.69) is 5.32 Å². The van der Waals surface area contributed by atoms with Crippen LogP contribution in [0.5, 0.6) is 0 Å². The first-order valence-corrected chi connectivity index (χ1v) is 7.08. The van der Waals surface area contributed by atoms with Gasteiger partial charge in [0.15, 0.2) is 0 Å². The standard InChI is InChI=1S/C15H29NO4/c1-10(2)13(14(18)20-15(4,5)6)16-12(17)8-11(3)9-19-7/h10-11,13H,8-9H2,1-7H3,(H,16,17)/t11?,13-/m1/s1. The molecule has 0 aliphatic heterocycles. The van der Waals surface area contributed by atoms with Gasteiger partial charge in [-0.1, -0.05) is 20.8 Å². The molecule has 5 heteroatoms. The van der Waals surface area contributed by atoms with Gasteiger partial charge in [0, 0.05) is 20.1 Å². The van der Waals surface area contributed by atoms with Crippen molar-refractivity contribution in [2.75, 3.05) is 13.7 Å². The molecular weight excluding hydrogens is 258 g/mol. The molecule has 0 aliphatic rings. The van der Waals surface area contributed by atoms with E-state index in [1.165, 1.54) is 0 Å². The van der Waals surface area contributed by atoms with Gasteiger partial charge in [-0.05, 0) is 32.6 Å². The van der Waals surface area contributed by atoms with E-state index in [0.29, 0.717) is 13.0 Å². The Hall–Kier alpha value is -1.10. The molecule has 1 amide bonds. The number of methoxy groups -OCH3 is 1. The van der Waals surface area contributed by atoms with Crippen LogP contribution in [0, 0.1) is 11.8 Å². The number of amides is 1. The number of nitrogens with one attached hydrogen (secondary N) is 1. The van der Waals surface area contributed by atoms with Crippen molar-refractivity contribution < 1.29 is 19.1 Å². The molecule has 0 aromatic rings. The van der Waals surface area contributed by atoms with Crippen LogP contribution in [-0.4, -0.2) is 37.2 Å². The fourth-order valence-corrected chi connectivity index (χ4v) is 1.76. The maximum atomic E-state index is 12.1. The van der Waals surface area contributed by atoms with Crippen LogP contribution < -0.4 is 5.32 Å². The first-order valence-electron chi connectivity index (χ1n) is 7.08. The van der Waals surface area contributed by atoms with E-state index < -0.39 is 11.6 Å². The summed E-state index contributed by atoms with van der Waals surface area (Å²) < 4.78 is 10.3. The molecule has 5 nitrogen and oxygen atoms in total. The Morgan fingerprint density at radius 3 is 2.10 bits per heavy atom. The Balaban J connectivity index is 4.55. The summed E-state index contributed by atoms with van der Waals surface area (Å²) in [6, 6.07) is -0.614. The topological polar surface area (TPSA) is 64.6 Å². The summed E-state index contributed by atoms with van der Waals surface area (Å²) in [5, 5.41) is 2.76. The smallest absolute Gasteiger partial charge is 0.329 e. The van der Waals surface area contributed by atoms with Gasteiger partial charge in [0.2, 0.25) is 5.91 Å². The normalized spacial score (nSPS) is 14.8. The lowest BCUT2D eigenvalue weighted by Crippen LogP contribution is -2.47. The van der Waals surface area contributed by atoms with E-state index >= 15 is 0 Å². The van der Waals surface area contributed by atoms with Crippen LogP contribution >= 0.6 is 0 Å². The summed E-state index contributed by atoms with van der Waals surface area (Å²) in [5.41, 5.74) is -0.557. The lowest BCUT2D eigenvalue weighted by molar-refractivity contribution is -0.160. The molecule has 1 N–H and O–H groups in total. The second kappa shape index (κ2) is 8.25. The lowest BCUT2D eigenvalue weighted by Gasteiger charge is -2.26. The molecule has 118 valence electrons. The average molecular weight is 287 g/mol. The van der Waals surface area contributed by atoms with Crippen LogP contribution in [0.2, 0.25) is 0 Å². The summed E-state index contributed by atoms with van der Waals surface area (Å²) in [4.78, 5) is 24.0. The molecule has 0 saturated heterocycles. The highest BCUT2D eigenvalue weighted by molar-refractivity contribution is 5.84. The summed E-state index contributed by atoms with van der Waals surface area (Å²) in [6.07, 6.45) is 0.333. The van der Waals surface area contributed by atoms with Crippen LogP contribution in [0.1, 0.15) is 48.0 Å². The highest BCUT2D eigenvalue weighted by Crippen LogP contribution is 2.13. The van der Waals surface area contributed by atoms with Gasteiger partial charge >= 0.3 is 5.97 Å². The summed E-state index contributed by atoms with van der Waals surface area (Å²) in [6.45, 7) is 11.6. The zero-order valence-corrected chi connectivity index (χ0v) is 13.8. The number of hydrogen-bond donors (Lipinski definition) is 1.